The van der Waals surface area contributed by atoms with Gasteiger partial charge in [-0.3, -0.25) is 0 Å². The molecule has 0 saturated carbocycles. The highest BCUT2D eigenvalue weighted by Gasteiger charge is 2.21. The van der Waals surface area contributed by atoms with Gasteiger partial charge in [0.25, 0.3) is 0 Å². The van der Waals surface area contributed by atoms with E-state index in [2.05, 4.69) is 62.2 Å². The molecule has 0 unspecified atom stereocenters. The van der Waals surface area contributed by atoms with Crippen molar-refractivity contribution in [3.8, 4) is 28.4 Å². The third-order valence-electron chi connectivity index (χ3n) is 6.68. The van der Waals surface area contributed by atoms with Crippen molar-refractivity contribution >= 4 is 22.4 Å². The predicted molar refractivity (Wildman–Crippen MR) is 147 cm³/mol. The smallest absolute Gasteiger partial charge is 0.137 e. The molecule has 0 aliphatic rings. The Morgan fingerprint density at radius 3 is 2.22 bits per heavy atom. The van der Waals surface area contributed by atoms with Gasteiger partial charge in [0.05, 0.1) is 26.8 Å². The second-order valence-corrected chi connectivity index (χ2v) is 9.02. The highest BCUT2D eigenvalue weighted by Crippen LogP contribution is 2.43. The van der Waals surface area contributed by atoms with Crippen LogP contribution in [-0.4, -0.2) is 45.4 Å². The summed E-state index contributed by atoms with van der Waals surface area (Å²) in [5.74, 6) is 3.13. The van der Waals surface area contributed by atoms with E-state index in [1.54, 1.807) is 27.7 Å². The van der Waals surface area contributed by atoms with E-state index < -0.39 is 0 Å². The summed E-state index contributed by atoms with van der Waals surface area (Å²) >= 11 is 0. The summed E-state index contributed by atoms with van der Waals surface area (Å²) in [4.78, 5) is 11.5. The third kappa shape index (κ3) is 4.49. The Bertz CT molecular complexity index is 1420. The summed E-state index contributed by atoms with van der Waals surface area (Å²) in [5, 5.41) is 4.47. The molecule has 1 heterocycles. The molecular formula is C29H34N4O3. The van der Waals surface area contributed by atoms with Gasteiger partial charge in [0.15, 0.2) is 0 Å². The van der Waals surface area contributed by atoms with E-state index in [1.165, 1.54) is 5.56 Å². The quantitative estimate of drug-likeness (QED) is 0.331. The van der Waals surface area contributed by atoms with Crippen LogP contribution in [0.3, 0.4) is 0 Å². The molecule has 0 aliphatic heterocycles. The summed E-state index contributed by atoms with van der Waals surface area (Å²) in [5.41, 5.74) is 8.67. The minimum Gasteiger partial charge on any atom is -0.497 e. The van der Waals surface area contributed by atoms with Gasteiger partial charge in [0.2, 0.25) is 0 Å². The fraction of sp³-hybridized carbons (Fsp3) is 0.310. The molecule has 0 amide bonds. The van der Waals surface area contributed by atoms with Gasteiger partial charge < -0.3 is 24.4 Å². The van der Waals surface area contributed by atoms with E-state index in [0.29, 0.717) is 6.54 Å². The number of aryl methyl sites for hydroxylation is 1. The van der Waals surface area contributed by atoms with Crippen LogP contribution in [0.4, 0.5) is 11.5 Å². The fourth-order valence-corrected chi connectivity index (χ4v) is 4.80. The first-order valence-corrected chi connectivity index (χ1v) is 11.9. The van der Waals surface area contributed by atoms with E-state index in [9.17, 15) is 0 Å². The molecule has 7 heteroatoms. The van der Waals surface area contributed by atoms with Crippen LogP contribution >= 0.6 is 0 Å². The first-order valence-electron chi connectivity index (χ1n) is 11.9. The number of hydrogen-bond donors (Lipinski definition) is 1. The molecule has 1 aromatic heterocycles. The van der Waals surface area contributed by atoms with Gasteiger partial charge in [0.1, 0.15) is 29.4 Å². The Labute approximate surface area is 213 Å². The maximum absolute atomic E-state index is 5.67. The molecule has 4 rings (SSSR count). The van der Waals surface area contributed by atoms with E-state index in [-0.39, 0.29) is 0 Å². The van der Waals surface area contributed by atoms with Crippen molar-refractivity contribution < 1.29 is 14.2 Å². The fourth-order valence-electron chi connectivity index (χ4n) is 4.80. The van der Waals surface area contributed by atoms with Crippen molar-refractivity contribution in [1.82, 2.24) is 9.97 Å². The Kier molecular flexibility index (Phi) is 7.20. The molecule has 0 spiro atoms. The van der Waals surface area contributed by atoms with Crippen molar-refractivity contribution in [1.29, 1.82) is 0 Å². The maximum atomic E-state index is 5.67. The lowest BCUT2D eigenvalue weighted by Gasteiger charge is -2.23. The molecule has 188 valence electrons. The zero-order valence-electron chi connectivity index (χ0n) is 22.3. The van der Waals surface area contributed by atoms with Crippen LogP contribution in [0, 0.1) is 20.8 Å². The second-order valence-electron chi connectivity index (χ2n) is 9.02. The average molecular weight is 487 g/mol. The summed E-state index contributed by atoms with van der Waals surface area (Å²) in [6, 6.07) is 12.1. The number of hydrogen-bond acceptors (Lipinski definition) is 7. The summed E-state index contributed by atoms with van der Waals surface area (Å²) in [7, 11) is 9.13. The Balaban J connectivity index is 1.90. The van der Waals surface area contributed by atoms with Crippen LogP contribution in [0.25, 0.3) is 22.0 Å². The topological polar surface area (TPSA) is 68.7 Å². The number of fused-ring (bicyclic) bond motifs is 1. The van der Waals surface area contributed by atoms with Crippen LogP contribution < -0.4 is 24.4 Å². The number of anilines is 2. The van der Waals surface area contributed by atoms with Crippen molar-refractivity contribution in [3.05, 3.63) is 65.0 Å². The van der Waals surface area contributed by atoms with Crippen LogP contribution in [-0.2, 0) is 6.54 Å². The number of rotatable bonds is 8. The van der Waals surface area contributed by atoms with E-state index in [4.69, 9.17) is 19.2 Å². The van der Waals surface area contributed by atoms with Crippen LogP contribution in [0.1, 0.15) is 22.3 Å². The molecule has 0 atom stereocenters. The lowest BCUT2D eigenvalue weighted by Crippen LogP contribution is -2.12. The van der Waals surface area contributed by atoms with Gasteiger partial charge >= 0.3 is 0 Å². The SMILES string of the molecule is COc1ccc(CNc2ncnc3c(-c4c(C)ccc(OC)c4C)c(C)c(N(C)C)cc23)c(OC)c1. The maximum Gasteiger partial charge on any atom is 0.137 e. The number of ether oxygens (including phenoxy) is 3. The molecule has 0 bridgehead atoms. The molecular weight excluding hydrogens is 452 g/mol. The van der Waals surface area contributed by atoms with Crippen LogP contribution in [0.2, 0.25) is 0 Å². The van der Waals surface area contributed by atoms with Gasteiger partial charge in [-0.1, -0.05) is 6.07 Å². The Morgan fingerprint density at radius 1 is 0.806 bits per heavy atom. The molecule has 0 radical (unpaired) electrons. The number of nitrogens with one attached hydrogen (secondary N) is 1. The molecule has 0 aliphatic carbocycles. The van der Waals surface area contributed by atoms with Crippen LogP contribution in [0.5, 0.6) is 17.2 Å². The molecule has 7 nitrogen and oxygen atoms in total. The molecule has 3 aromatic carbocycles. The van der Waals surface area contributed by atoms with Gasteiger partial charge in [-0.15, -0.1) is 0 Å². The van der Waals surface area contributed by atoms with Crippen LogP contribution in [0.15, 0.2) is 42.7 Å². The lowest BCUT2D eigenvalue weighted by molar-refractivity contribution is 0.391. The van der Waals surface area contributed by atoms with E-state index in [1.807, 2.05) is 24.3 Å². The minimum atomic E-state index is 0.539. The lowest BCUT2D eigenvalue weighted by atomic mass is 9.89. The van der Waals surface area contributed by atoms with Crippen molar-refractivity contribution in [3.63, 3.8) is 0 Å². The van der Waals surface area contributed by atoms with Gasteiger partial charge in [-0.05, 0) is 67.3 Å². The molecule has 36 heavy (non-hydrogen) atoms. The third-order valence-corrected chi connectivity index (χ3v) is 6.68. The molecule has 0 fully saturated rings. The molecule has 1 N–H and O–H groups in total. The van der Waals surface area contributed by atoms with Gasteiger partial charge in [-0.2, -0.15) is 0 Å². The number of aromatic nitrogens is 2. The monoisotopic (exact) mass is 486 g/mol. The highest BCUT2D eigenvalue weighted by atomic mass is 16.5. The largest absolute Gasteiger partial charge is 0.497 e. The second kappa shape index (κ2) is 10.3. The predicted octanol–water partition coefficient (Wildman–Crippen LogP) is 5.93. The molecule has 4 aromatic rings. The molecule has 0 saturated heterocycles. The number of benzene rings is 3. The van der Waals surface area contributed by atoms with Gasteiger partial charge in [-0.25, -0.2) is 9.97 Å². The van der Waals surface area contributed by atoms with Gasteiger partial charge in [0, 0.05) is 48.9 Å². The zero-order chi connectivity index (χ0) is 26.0. The highest BCUT2D eigenvalue weighted by molar-refractivity contribution is 6.04. The normalized spacial score (nSPS) is 10.9. The number of methoxy groups -OCH3 is 3. The summed E-state index contributed by atoms with van der Waals surface area (Å²) in [6.07, 6.45) is 1.62. The standard InChI is InChI=1S/C29H34N4O3/c1-17-9-12-24(35-7)19(3)26(17)27-18(2)23(33(4)5)14-22-28(27)31-16-32-29(22)30-15-20-10-11-21(34-6)13-25(20)36-8/h9-14,16H,15H2,1-8H3,(H,30,31,32). The van der Waals surface area contributed by atoms with E-state index in [0.717, 1.165) is 67.5 Å². The first-order chi connectivity index (χ1) is 17.3. The van der Waals surface area contributed by atoms with Crippen molar-refractivity contribution in [2.75, 3.05) is 45.6 Å². The Hall–Kier alpha value is -4.00. The summed E-state index contributed by atoms with van der Waals surface area (Å²) in [6.45, 7) is 6.92. The van der Waals surface area contributed by atoms with Crippen molar-refractivity contribution in [2.24, 2.45) is 0 Å². The van der Waals surface area contributed by atoms with Crippen molar-refractivity contribution in [2.45, 2.75) is 27.3 Å². The van der Waals surface area contributed by atoms with E-state index >= 15 is 0 Å². The minimum absolute atomic E-state index is 0.539. The first kappa shape index (κ1) is 25.1. The average Bonchev–Trinajstić information content (AvgIpc) is 2.88. The number of nitrogens with zero attached hydrogens (tertiary/aromatic N) is 3. The summed E-state index contributed by atoms with van der Waals surface area (Å²) < 4.78 is 16.6. The Morgan fingerprint density at radius 2 is 1.56 bits per heavy atom. The zero-order valence-corrected chi connectivity index (χ0v) is 22.3.